The molecule has 1 aliphatic rings. The maximum Gasteiger partial charge on any atom is 0.271 e. The molecule has 2 heterocycles. The molecule has 27 heavy (non-hydrogen) atoms. The maximum atomic E-state index is 12.2. The molecule has 0 bridgehead atoms. The highest BCUT2D eigenvalue weighted by molar-refractivity contribution is 6.30. The van der Waals surface area contributed by atoms with Crippen LogP contribution in [-0.2, 0) is 0 Å². The van der Waals surface area contributed by atoms with Crippen molar-refractivity contribution in [1.82, 2.24) is 5.43 Å². The Hall–Kier alpha value is -3.25. The van der Waals surface area contributed by atoms with Gasteiger partial charge in [-0.05, 0) is 42.5 Å². The van der Waals surface area contributed by atoms with Gasteiger partial charge in [-0.2, -0.15) is 5.10 Å². The summed E-state index contributed by atoms with van der Waals surface area (Å²) in [5.41, 5.74) is 3.76. The van der Waals surface area contributed by atoms with Crippen LogP contribution in [0.25, 0.3) is 11.3 Å². The van der Waals surface area contributed by atoms with Crippen LogP contribution < -0.4 is 14.9 Å². The molecule has 0 spiro atoms. The molecule has 0 radical (unpaired) electrons. The second-order valence-electron chi connectivity index (χ2n) is 5.77. The Morgan fingerprint density at radius 2 is 1.89 bits per heavy atom. The molecule has 0 saturated carbocycles. The van der Waals surface area contributed by atoms with Crippen molar-refractivity contribution in [2.45, 2.75) is 0 Å². The van der Waals surface area contributed by atoms with Crippen molar-refractivity contribution in [3.05, 3.63) is 70.9 Å². The number of furan rings is 1. The van der Waals surface area contributed by atoms with Crippen molar-refractivity contribution in [1.29, 1.82) is 0 Å². The Bertz CT molecular complexity index is 1010. The Kier molecular flexibility index (Phi) is 4.80. The lowest BCUT2D eigenvalue weighted by atomic mass is 10.2. The maximum absolute atomic E-state index is 12.2. The zero-order valence-corrected chi connectivity index (χ0v) is 14.9. The summed E-state index contributed by atoms with van der Waals surface area (Å²) in [6, 6.07) is 15.9. The van der Waals surface area contributed by atoms with Crippen LogP contribution in [0, 0.1) is 0 Å². The van der Waals surface area contributed by atoms with E-state index in [9.17, 15) is 4.79 Å². The number of halogens is 1. The van der Waals surface area contributed by atoms with Gasteiger partial charge in [0.25, 0.3) is 5.91 Å². The van der Waals surface area contributed by atoms with E-state index in [1.807, 2.05) is 24.3 Å². The molecular weight excluding hydrogens is 368 g/mol. The summed E-state index contributed by atoms with van der Waals surface area (Å²) in [5, 5.41) is 4.57. The number of carbonyl (C=O) groups is 1. The van der Waals surface area contributed by atoms with E-state index in [4.69, 9.17) is 25.5 Å². The summed E-state index contributed by atoms with van der Waals surface area (Å²) in [6.07, 6.45) is 1.43. The van der Waals surface area contributed by atoms with Gasteiger partial charge in [0.2, 0.25) is 0 Å². The normalized spacial score (nSPS) is 12.9. The van der Waals surface area contributed by atoms with E-state index in [-0.39, 0.29) is 5.91 Å². The predicted octanol–water partition coefficient (Wildman–Crippen LogP) is 4.14. The first-order valence-corrected chi connectivity index (χ1v) is 8.66. The van der Waals surface area contributed by atoms with Crippen molar-refractivity contribution in [3.8, 4) is 22.8 Å². The Balaban J connectivity index is 1.41. The molecule has 7 heteroatoms. The molecule has 1 N–H and O–H groups in total. The van der Waals surface area contributed by atoms with E-state index in [0.29, 0.717) is 46.8 Å². The van der Waals surface area contributed by atoms with Crippen LogP contribution in [0.5, 0.6) is 11.5 Å². The predicted molar refractivity (Wildman–Crippen MR) is 102 cm³/mol. The van der Waals surface area contributed by atoms with E-state index in [2.05, 4.69) is 10.5 Å². The zero-order valence-electron chi connectivity index (χ0n) is 14.1. The molecule has 1 amide bonds. The summed E-state index contributed by atoms with van der Waals surface area (Å²) in [6.45, 7) is 0.965. The van der Waals surface area contributed by atoms with Gasteiger partial charge in [0.1, 0.15) is 24.7 Å². The fraction of sp³-hybridized carbons (Fsp3) is 0.100. The lowest BCUT2D eigenvalue weighted by molar-refractivity contribution is 0.0954. The Morgan fingerprint density at radius 3 is 2.74 bits per heavy atom. The van der Waals surface area contributed by atoms with E-state index < -0.39 is 0 Å². The van der Waals surface area contributed by atoms with Crippen molar-refractivity contribution < 1.29 is 18.7 Å². The largest absolute Gasteiger partial charge is 0.486 e. The third kappa shape index (κ3) is 3.96. The lowest BCUT2D eigenvalue weighted by Gasteiger charge is -2.18. The van der Waals surface area contributed by atoms with Gasteiger partial charge in [0.15, 0.2) is 11.5 Å². The number of ether oxygens (including phenoxy) is 2. The highest BCUT2D eigenvalue weighted by Gasteiger charge is 2.14. The summed E-state index contributed by atoms with van der Waals surface area (Å²) < 4.78 is 16.6. The minimum absolute atomic E-state index is 0.357. The van der Waals surface area contributed by atoms with Gasteiger partial charge in [-0.1, -0.05) is 23.7 Å². The first kappa shape index (κ1) is 17.2. The molecule has 0 atom stereocenters. The van der Waals surface area contributed by atoms with Crippen molar-refractivity contribution >= 4 is 23.7 Å². The minimum Gasteiger partial charge on any atom is -0.486 e. The molecular formula is C20H15ClN2O4. The quantitative estimate of drug-likeness (QED) is 0.543. The second kappa shape index (κ2) is 7.55. The van der Waals surface area contributed by atoms with Gasteiger partial charge in [-0.15, -0.1) is 0 Å². The minimum atomic E-state index is -0.357. The van der Waals surface area contributed by atoms with Gasteiger partial charge in [0.05, 0.1) is 6.21 Å². The zero-order chi connectivity index (χ0) is 18.6. The molecule has 136 valence electrons. The average Bonchev–Trinajstić information content (AvgIpc) is 3.16. The fourth-order valence-electron chi connectivity index (χ4n) is 2.62. The van der Waals surface area contributed by atoms with Crippen molar-refractivity contribution in [2.75, 3.05) is 13.2 Å². The van der Waals surface area contributed by atoms with Crippen LogP contribution in [0.4, 0.5) is 0 Å². The number of hydrogen-bond acceptors (Lipinski definition) is 5. The molecule has 0 saturated heterocycles. The number of fused-ring (bicyclic) bond motifs is 1. The van der Waals surface area contributed by atoms with Crippen LogP contribution in [0.15, 0.2) is 64.1 Å². The Labute approximate surface area is 160 Å². The standard InChI is InChI=1S/C20H15ClN2O4/c21-15-3-1-2-13(10-15)17-7-5-16(27-17)12-22-23-20(24)14-4-6-18-19(11-14)26-9-8-25-18/h1-7,10-12H,8-9H2,(H,23,24)/b22-12+. The van der Waals surface area contributed by atoms with Crippen LogP contribution in [0.1, 0.15) is 16.1 Å². The Morgan fingerprint density at radius 1 is 1.04 bits per heavy atom. The average molecular weight is 383 g/mol. The first-order chi connectivity index (χ1) is 13.2. The van der Waals surface area contributed by atoms with Crippen molar-refractivity contribution in [2.24, 2.45) is 5.10 Å². The molecule has 1 aromatic heterocycles. The van der Waals surface area contributed by atoms with Gasteiger partial charge < -0.3 is 13.9 Å². The van der Waals surface area contributed by atoms with E-state index >= 15 is 0 Å². The monoisotopic (exact) mass is 382 g/mol. The highest BCUT2D eigenvalue weighted by atomic mass is 35.5. The molecule has 6 nitrogen and oxygen atoms in total. The number of nitrogens with one attached hydrogen (secondary N) is 1. The van der Waals surface area contributed by atoms with E-state index in [0.717, 1.165) is 5.56 Å². The number of hydrazone groups is 1. The third-order valence-electron chi connectivity index (χ3n) is 3.90. The SMILES string of the molecule is O=C(N/N=C/c1ccc(-c2cccc(Cl)c2)o1)c1ccc2c(c1)OCCO2. The number of carbonyl (C=O) groups excluding carboxylic acids is 1. The number of rotatable bonds is 4. The molecule has 3 aromatic rings. The molecule has 1 aliphatic heterocycles. The molecule has 0 unspecified atom stereocenters. The third-order valence-corrected chi connectivity index (χ3v) is 4.13. The number of benzene rings is 2. The summed E-state index contributed by atoms with van der Waals surface area (Å²) >= 11 is 5.99. The first-order valence-electron chi connectivity index (χ1n) is 8.28. The molecule has 0 fully saturated rings. The van der Waals surface area contributed by atoms with Crippen LogP contribution in [0.2, 0.25) is 5.02 Å². The van der Waals surface area contributed by atoms with Gasteiger partial charge >= 0.3 is 0 Å². The molecule has 2 aromatic carbocycles. The van der Waals surface area contributed by atoms with Gasteiger partial charge in [0, 0.05) is 16.1 Å². The van der Waals surface area contributed by atoms with Crippen LogP contribution in [-0.4, -0.2) is 25.3 Å². The van der Waals surface area contributed by atoms with Gasteiger partial charge in [-0.25, -0.2) is 5.43 Å². The van der Waals surface area contributed by atoms with Crippen molar-refractivity contribution in [3.63, 3.8) is 0 Å². The van der Waals surface area contributed by atoms with Gasteiger partial charge in [-0.3, -0.25) is 4.79 Å². The van der Waals surface area contributed by atoms with Crippen LogP contribution in [0.3, 0.4) is 0 Å². The number of hydrogen-bond donors (Lipinski definition) is 1. The second-order valence-corrected chi connectivity index (χ2v) is 6.21. The molecule has 0 aliphatic carbocycles. The fourth-order valence-corrected chi connectivity index (χ4v) is 2.81. The van der Waals surface area contributed by atoms with E-state index in [1.165, 1.54) is 6.21 Å². The summed E-state index contributed by atoms with van der Waals surface area (Å²) in [4.78, 5) is 12.2. The summed E-state index contributed by atoms with van der Waals surface area (Å²) in [5.74, 6) is 2.00. The van der Waals surface area contributed by atoms with Crippen LogP contribution >= 0.6 is 11.6 Å². The smallest absolute Gasteiger partial charge is 0.271 e. The lowest BCUT2D eigenvalue weighted by Crippen LogP contribution is -2.19. The topological polar surface area (TPSA) is 73.1 Å². The number of nitrogens with zero attached hydrogens (tertiary/aromatic N) is 1. The summed E-state index contributed by atoms with van der Waals surface area (Å²) in [7, 11) is 0. The number of amides is 1. The highest BCUT2D eigenvalue weighted by Crippen LogP contribution is 2.30. The van der Waals surface area contributed by atoms with E-state index in [1.54, 1.807) is 30.3 Å². The molecule has 4 rings (SSSR count).